The Labute approximate surface area is 74.5 Å². The second-order valence-electron chi connectivity index (χ2n) is 2.38. The van der Waals surface area contributed by atoms with E-state index in [2.05, 4.69) is 9.97 Å². The molecule has 2 heterocycles. The van der Waals surface area contributed by atoms with Crippen molar-refractivity contribution in [2.45, 2.75) is 0 Å². The Kier molecular flexibility index (Phi) is 1.77. The molecule has 0 aliphatic rings. The molecular formula is C9H5N3O. The number of nitrogens with zero attached hydrogens (tertiary/aromatic N) is 3. The monoisotopic (exact) mass is 171 g/mol. The van der Waals surface area contributed by atoms with Gasteiger partial charge in [0, 0.05) is 6.07 Å². The molecule has 0 N–H and O–H groups in total. The molecule has 2 aromatic rings. The SMILES string of the molecule is N#Cc1cc(-c2ccco2)ncn1. The van der Waals surface area contributed by atoms with Crippen molar-refractivity contribution in [3.63, 3.8) is 0 Å². The van der Waals surface area contributed by atoms with Crippen molar-refractivity contribution in [3.05, 3.63) is 36.5 Å². The molecular weight excluding hydrogens is 166 g/mol. The predicted octanol–water partition coefficient (Wildman–Crippen LogP) is 1.61. The average molecular weight is 171 g/mol. The van der Waals surface area contributed by atoms with Crippen molar-refractivity contribution in [2.24, 2.45) is 0 Å². The summed E-state index contributed by atoms with van der Waals surface area (Å²) in [5.74, 6) is 0.638. The summed E-state index contributed by atoms with van der Waals surface area (Å²) < 4.78 is 5.12. The Morgan fingerprint density at radius 2 is 2.31 bits per heavy atom. The van der Waals surface area contributed by atoms with Gasteiger partial charge in [0.05, 0.1) is 6.26 Å². The van der Waals surface area contributed by atoms with Crippen LogP contribution in [0.2, 0.25) is 0 Å². The Balaban J connectivity index is 2.49. The molecule has 0 fully saturated rings. The molecule has 0 amide bonds. The average Bonchev–Trinajstić information content (AvgIpc) is 2.71. The molecule has 4 nitrogen and oxygen atoms in total. The van der Waals surface area contributed by atoms with Gasteiger partial charge in [0.15, 0.2) is 5.76 Å². The summed E-state index contributed by atoms with van der Waals surface area (Å²) in [6, 6.07) is 7.07. The predicted molar refractivity (Wildman–Crippen MR) is 44.4 cm³/mol. The summed E-state index contributed by atoms with van der Waals surface area (Å²) in [5.41, 5.74) is 0.956. The van der Waals surface area contributed by atoms with E-state index in [0.717, 1.165) is 0 Å². The van der Waals surface area contributed by atoms with Crippen molar-refractivity contribution < 1.29 is 4.42 Å². The lowest BCUT2D eigenvalue weighted by Gasteiger charge is -1.93. The van der Waals surface area contributed by atoms with E-state index < -0.39 is 0 Å². The lowest BCUT2D eigenvalue weighted by atomic mass is 10.3. The van der Waals surface area contributed by atoms with Crippen LogP contribution < -0.4 is 0 Å². The van der Waals surface area contributed by atoms with Crippen LogP contribution in [-0.2, 0) is 0 Å². The summed E-state index contributed by atoms with van der Waals surface area (Å²) in [7, 11) is 0. The highest BCUT2D eigenvalue weighted by molar-refractivity contribution is 5.52. The molecule has 2 aromatic heterocycles. The Morgan fingerprint density at radius 1 is 1.38 bits per heavy atom. The van der Waals surface area contributed by atoms with Crippen molar-refractivity contribution in [1.82, 2.24) is 9.97 Å². The highest BCUT2D eigenvalue weighted by Crippen LogP contribution is 2.16. The quantitative estimate of drug-likeness (QED) is 0.653. The van der Waals surface area contributed by atoms with Gasteiger partial charge in [0.25, 0.3) is 0 Å². The standard InChI is InChI=1S/C9H5N3O/c10-5-7-4-8(12-6-11-7)9-2-1-3-13-9/h1-4,6H. The van der Waals surface area contributed by atoms with Crippen molar-refractivity contribution in [2.75, 3.05) is 0 Å². The number of furan rings is 1. The zero-order valence-corrected chi connectivity index (χ0v) is 6.64. The second kappa shape index (κ2) is 3.07. The Bertz CT molecular complexity index is 442. The fraction of sp³-hybridized carbons (Fsp3) is 0. The molecule has 2 rings (SSSR count). The first-order valence-electron chi connectivity index (χ1n) is 3.66. The van der Waals surface area contributed by atoms with E-state index in [0.29, 0.717) is 17.1 Å². The van der Waals surface area contributed by atoms with Crippen LogP contribution in [0.5, 0.6) is 0 Å². The fourth-order valence-electron chi connectivity index (χ4n) is 0.978. The first-order chi connectivity index (χ1) is 6.40. The van der Waals surface area contributed by atoms with Crippen LogP contribution in [0.1, 0.15) is 5.69 Å². The maximum absolute atomic E-state index is 8.59. The van der Waals surface area contributed by atoms with Gasteiger partial charge in [-0.1, -0.05) is 0 Å². The summed E-state index contributed by atoms with van der Waals surface area (Å²) in [6.07, 6.45) is 2.90. The van der Waals surface area contributed by atoms with Gasteiger partial charge in [-0.15, -0.1) is 0 Å². The van der Waals surface area contributed by atoms with E-state index in [9.17, 15) is 0 Å². The minimum atomic E-state index is 0.335. The number of hydrogen-bond donors (Lipinski definition) is 0. The molecule has 0 saturated carbocycles. The summed E-state index contributed by atoms with van der Waals surface area (Å²) in [5, 5.41) is 8.59. The van der Waals surface area contributed by atoms with Gasteiger partial charge >= 0.3 is 0 Å². The summed E-state index contributed by atoms with van der Waals surface area (Å²) >= 11 is 0. The van der Waals surface area contributed by atoms with Crippen LogP contribution in [0.15, 0.2) is 35.2 Å². The first kappa shape index (κ1) is 7.50. The number of rotatable bonds is 1. The van der Waals surface area contributed by atoms with Gasteiger partial charge in [-0.2, -0.15) is 5.26 Å². The molecule has 0 saturated heterocycles. The summed E-state index contributed by atoms with van der Waals surface area (Å²) in [4.78, 5) is 7.73. The van der Waals surface area contributed by atoms with Gasteiger partial charge < -0.3 is 4.42 Å². The number of hydrogen-bond acceptors (Lipinski definition) is 4. The van der Waals surface area contributed by atoms with Gasteiger partial charge in [0.1, 0.15) is 23.8 Å². The zero-order chi connectivity index (χ0) is 9.10. The lowest BCUT2D eigenvalue weighted by molar-refractivity contribution is 0.580. The minimum absolute atomic E-state index is 0.335. The van der Waals surface area contributed by atoms with Gasteiger partial charge in [-0.3, -0.25) is 0 Å². The molecule has 0 aliphatic heterocycles. The van der Waals surface area contributed by atoms with E-state index in [-0.39, 0.29) is 0 Å². The number of aromatic nitrogens is 2. The van der Waals surface area contributed by atoms with E-state index >= 15 is 0 Å². The topological polar surface area (TPSA) is 62.7 Å². The van der Waals surface area contributed by atoms with Crippen molar-refractivity contribution in [1.29, 1.82) is 5.26 Å². The van der Waals surface area contributed by atoms with Gasteiger partial charge in [0.2, 0.25) is 0 Å². The lowest BCUT2D eigenvalue weighted by Crippen LogP contribution is -1.86. The number of nitriles is 1. The van der Waals surface area contributed by atoms with Gasteiger partial charge in [-0.05, 0) is 12.1 Å². The third-order valence-electron chi connectivity index (χ3n) is 1.56. The van der Waals surface area contributed by atoms with E-state index in [4.69, 9.17) is 9.68 Å². The molecule has 0 radical (unpaired) electrons. The second-order valence-corrected chi connectivity index (χ2v) is 2.38. The van der Waals surface area contributed by atoms with Crippen LogP contribution in [-0.4, -0.2) is 9.97 Å². The molecule has 62 valence electrons. The van der Waals surface area contributed by atoms with E-state index in [1.165, 1.54) is 6.33 Å². The van der Waals surface area contributed by atoms with Crippen LogP contribution in [0.3, 0.4) is 0 Å². The van der Waals surface area contributed by atoms with Crippen LogP contribution in [0.4, 0.5) is 0 Å². The highest BCUT2D eigenvalue weighted by atomic mass is 16.3. The summed E-state index contributed by atoms with van der Waals surface area (Å²) in [6.45, 7) is 0. The van der Waals surface area contributed by atoms with Crippen LogP contribution in [0.25, 0.3) is 11.5 Å². The zero-order valence-electron chi connectivity index (χ0n) is 6.64. The smallest absolute Gasteiger partial charge is 0.152 e. The molecule has 0 atom stereocenters. The van der Waals surface area contributed by atoms with Crippen LogP contribution >= 0.6 is 0 Å². The van der Waals surface area contributed by atoms with Crippen molar-refractivity contribution >= 4 is 0 Å². The largest absolute Gasteiger partial charge is 0.463 e. The maximum Gasteiger partial charge on any atom is 0.152 e. The molecule has 4 heteroatoms. The minimum Gasteiger partial charge on any atom is -0.463 e. The Morgan fingerprint density at radius 3 is 3.00 bits per heavy atom. The molecule has 0 spiro atoms. The molecule has 13 heavy (non-hydrogen) atoms. The normalized spacial score (nSPS) is 9.46. The molecule has 0 aliphatic carbocycles. The third-order valence-corrected chi connectivity index (χ3v) is 1.56. The van der Waals surface area contributed by atoms with E-state index in [1.807, 2.05) is 6.07 Å². The first-order valence-corrected chi connectivity index (χ1v) is 3.66. The molecule has 0 bridgehead atoms. The van der Waals surface area contributed by atoms with Gasteiger partial charge in [-0.25, -0.2) is 9.97 Å². The maximum atomic E-state index is 8.59. The molecule has 0 unspecified atom stereocenters. The van der Waals surface area contributed by atoms with Crippen LogP contribution in [0, 0.1) is 11.3 Å². The molecule has 0 aromatic carbocycles. The third kappa shape index (κ3) is 1.40. The van der Waals surface area contributed by atoms with Crippen molar-refractivity contribution in [3.8, 4) is 17.5 Å². The Hall–Kier alpha value is -2.15. The fourth-order valence-corrected chi connectivity index (χ4v) is 0.978. The highest BCUT2D eigenvalue weighted by Gasteiger charge is 2.02. The van der Waals surface area contributed by atoms with E-state index in [1.54, 1.807) is 24.5 Å².